The standard InChI is InChI=1S/C35H51NO11/c1-10-12-24(37)44-18-21-15-22-27-32(8,9)35(27,46-26(39)17-36-30(41)47-31(5,6)7)29(45-25(38)13-11-2)20(4)34(22,43)23-14-19(3)28(40)33(23,42)16-21/h14-15,20,22-23,27,29,42-43H,10-13,16-18H2,1-9H3,(H,36,41)/t20-,22+,23-,27-,29-,33-,34-,35-/m1/s1. The van der Waals surface area contributed by atoms with Crippen molar-refractivity contribution in [2.75, 3.05) is 13.2 Å². The molecule has 0 aromatic rings. The fraction of sp³-hybridized carbons (Fsp3) is 0.743. The number of amides is 1. The molecular weight excluding hydrogens is 610 g/mol. The van der Waals surface area contributed by atoms with Gasteiger partial charge in [0.05, 0.1) is 5.60 Å². The first kappa shape index (κ1) is 36.6. The van der Waals surface area contributed by atoms with Crippen molar-refractivity contribution in [3.8, 4) is 0 Å². The lowest BCUT2D eigenvalue weighted by Crippen LogP contribution is -2.66. The predicted octanol–water partition coefficient (Wildman–Crippen LogP) is 3.71. The van der Waals surface area contributed by atoms with Gasteiger partial charge < -0.3 is 34.5 Å². The van der Waals surface area contributed by atoms with Gasteiger partial charge >= 0.3 is 24.0 Å². The fourth-order valence-electron chi connectivity index (χ4n) is 8.35. The van der Waals surface area contributed by atoms with E-state index in [1.165, 1.54) is 0 Å². The zero-order valence-corrected chi connectivity index (χ0v) is 29.1. The van der Waals surface area contributed by atoms with Crippen LogP contribution in [0.5, 0.6) is 0 Å². The molecule has 0 spiro atoms. The second-order valence-electron chi connectivity index (χ2n) is 15.2. The summed E-state index contributed by atoms with van der Waals surface area (Å²) in [5, 5.41) is 27.5. The van der Waals surface area contributed by atoms with E-state index in [2.05, 4.69) is 5.32 Å². The molecule has 2 saturated carbocycles. The molecule has 2 fully saturated rings. The molecule has 262 valence electrons. The van der Waals surface area contributed by atoms with Crippen LogP contribution < -0.4 is 5.32 Å². The number of ether oxygens (including phenoxy) is 4. The molecule has 0 aliphatic heterocycles. The Hall–Kier alpha value is -3.25. The lowest BCUT2D eigenvalue weighted by Gasteiger charge is -2.53. The number of carbonyl (C=O) groups excluding carboxylic acids is 5. The van der Waals surface area contributed by atoms with Gasteiger partial charge in [0.1, 0.15) is 30.5 Å². The van der Waals surface area contributed by atoms with Crippen LogP contribution in [-0.4, -0.2) is 81.7 Å². The topological polar surface area (TPSA) is 175 Å². The number of hydrogen-bond acceptors (Lipinski definition) is 11. The SMILES string of the molecule is CCCC(=O)OCC1=C[C@H]2[C@@H]3C(C)(C)[C@]3(OC(=O)CNC(=O)OC(C)(C)C)[C@H](OC(=O)CCC)[C@@H](C)[C@]2(O)[C@@H]2C=C(C)C(=O)[C@@]2(O)C1. The number of rotatable bonds is 10. The minimum atomic E-state index is -2.05. The highest BCUT2D eigenvalue weighted by Gasteiger charge is 2.88. The maximum Gasteiger partial charge on any atom is 0.408 e. The molecule has 0 aromatic heterocycles. The first-order chi connectivity index (χ1) is 21.7. The lowest BCUT2D eigenvalue weighted by atomic mass is 9.59. The van der Waals surface area contributed by atoms with E-state index in [9.17, 15) is 34.2 Å². The molecule has 8 atom stereocenters. The minimum absolute atomic E-state index is 0.0818. The van der Waals surface area contributed by atoms with Crippen molar-refractivity contribution >= 4 is 29.8 Å². The van der Waals surface area contributed by atoms with Crippen molar-refractivity contribution in [2.45, 2.75) is 123 Å². The van der Waals surface area contributed by atoms with Crippen molar-refractivity contribution < 1.29 is 53.1 Å². The number of hydrogen-bond donors (Lipinski definition) is 3. The fourth-order valence-corrected chi connectivity index (χ4v) is 8.35. The Morgan fingerprint density at radius 2 is 1.62 bits per heavy atom. The number of nitrogens with one attached hydrogen (secondary N) is 1. The van der Waals surface area contributed by atoms with Crippen molar-refractivity contribution in [3.05, 3.63) is 23.3 Å². The van der Waals surface area contributed by atoms with E-state index in [4.69, 9.17) is 18.9 Å². The Labute approximate surface area is 276 Å². The van der Waals surface area contributed by atoms with E-state index >= 15 is 0 Å². The zero-order valence-electron chi connectivity index (χ0n) is 29.1. The minimum Gasteiger partial charge on any atom is -0.461 e. The summed E-state index contributed by atoms with van der Waals surface area (Å²) >= 11 is 0. The molecule has 47 heavy (non-hydrogen) atoms. The van der Waals surface area contributed by atoms with Crippen molar-refractivity contribution in [1.82, 2.24) is 5.32 Å². The van der Waals surface area contributed by atoms with Crippen molar-refractivity contribution in [1.29, 1.82) is 0 Å². The van der Waals surface area contributed by atoms with Crippen LogP contribution in [0.4, 0.5) is 4.79 Å². The van der Waals surface area contributed by atoms with E-state index in [1.807, 2.05) is 27.7 Å². The smallest absolute Gasteiger partial charge is 0.408 e. The van der Waals surface area contributed by atoms with Crippen LogP contribution in [-0.2, 0) is 38.1 Å². The molecular formula is C35H51NO11. The molecule has 0 unspecified atom stereocenters. The molecule has 12 heteroatoms. The number of alkyl carbamates (subject to hydrolysis) is 1. The molecule has 0 heterocycles. The summed E-state index contributed by atoms with van der Waals surface area (Å²) in [6.45, 7) is 15.0. The summed E-state index contributed by atoms with van der Waals surface area (Å²) in [6.07, 6.45) is 2.51. The summed E-state index contributed by atoms with van der Waals surface area (Å²) in [4.78, 5) is 64.7. The van der Waals surface area contributed by atoms with Crippen molar-refractivity contribution in [3.63, 3.8) is 0 Å². The Bertz CT molecular complexity index is 1380. The first-order valence-electron chi connectivity index (χ1n) is 16.6. The van der Waals surface area contributed by atoms with Gasteiger partial charge in [-0.15, -0.1) is 0 Å². The Kier molecular flexibility index (Phi) is 9.85. The van der Waals surface area contributed by atoms with Crippen LogP contribution in [0.1, 0.15) is 94.4 Å². The number of esters is 3. The number of carbonyl (C=O) groups is 5. The molecule has 3 N–H and O–H groups in total. The molecule has 0 radical (unpaired) electrons. The molecule has 4 rings (SSSR count). The average molecular weight is 662 g/mol. The van der Waals surface area contributed by atoms with Crippen LogP contribution in [0.3, 0.4) is 0 Å². The third kappa shape index (κ3) is 6.23. The van der Waals surface area contributed by atoms with E-state index in [0.717, 1.165) is 0 Å². The number of ketones is 1. The van der Waals surface area contributed by atoms with Crippen LogP contribution in [0.2, 0.25) is 0 Å². The summed E-state index contributed by atoms with van der Waals surface area (Å²) in [7, 11) is 0. The van der Waals surface area contributed by atoms with Gasteiger partial charge in [0.2, 0.25) is 0 Å². The Morgan fingerprint density at radius 1 is 1.00 bits per heavy atom. The van der Waals surface area contributed by atoms with Gasteiger partial charge in [0.15, 0.2) is 11.4 Å². The van der Waals surface area contributed by atoms with Crippen LogP contribution in [0.15, 0.2) is 23.3 Å². The average Bonchev–Trinajstić information content (AvgIpc) is 3.38. The normalized spacial score (nSPS) is 35.1. The molecule has 12 nitrogen and oxygen atoms in total. The van der Waals surface area contributed by atoms with E-state index < -0.39 is 93.9 Å². The summed E-state index contributed by atoms with van der Waals surface area (Å²) in [6, 6.07) is 0. The van der Waals surface area contributed by atoms with E-state index in [1.54, 1.807) is 46.8 Å². The predicted molar refractivity (Wildman–Crippen MR) is 168 cm³/mol. The third-order valence-electron chi connectivity index (χ3n) is 10.4. The quantitative estimate of drug-likeness (QED) is 0.177. The molecule has 0 aromatic carbocycles. The Morgan fingerprint density at radius 3 is 2.21 bits per heavy atom. The van der Waals surface area contributed by atoms with Gasteiger partial charge in [0, 0.05) is 48.3 Å². The van der Waals surface area contributed by atoms with Gasteiger partial charge in [-0.1, -0.05) is 46.8 Å². The summed E-state index contributed by atoms with van der Waals surface area (Å²) < 4.78 is 23.1. The van der Waals surface area contributed by atoms with E-state index in [0.29, 0.717) is 18.4 Å². The van der Waals surface area contributed by atoms with Crippen LogP contribution in [0, 0.1) is 29.1 Å². The number of aliphatic hydroxyl groups is 2. The van der Waals surface area contributed by atoms with Gasteiger partial charge in [-0.25, -0.2) is 4.79 Å². The highest BCUT2D eigenvalue weighted by atomic mass is 16.6. The summed E-state index contributed by atoms with van der Waals surface area (Å²) in [5.74, 6) is -5.86. The largest absolute Gasteiger partial charge is 0.461 e. The van der Waals surface area contributed by atoms with Gasteiger partial charge in [-0.3, -0.25) is 19.2 Å². The van der Waals surface area contributed by atoms with Crippen LogP contribution in [0.25, 0.3) is 0 Å². The maximum absolute atomic E-state index is 13.5. The lowest BCUT2D eigenvalue weighted by molar-refractivity contribution is -0.228. The summed E-state index contributed by atoms with van der Waals surface area (Å²) in [5.41, 5.74) is -6.28. The van der Waals surface area contributed by atoms with Gasteiger partial charge in [-0.05, 0) is 51.7 Å². The van der Waals surface area contributed by atoms with Gasteiger partial charge in [0.25, 0.3) is 0 Å². The molecule has 1 amide bonds. The number of fused-ring (bicyclic) bond motifs is 5. The first-order valence-corrected chi connectivity index (χ1v) is 16.6. The van der Waals surface area contributed by atoms with Crippen LogP contribution >= 0.6 is 0 Å². The third-order valence-corrected chi connectivity index (χ3v) is 10.4. The highest BCUT2D eigenvalue weighted by Crippen LogP contribution is 2.77. The second kappa shape index (κ2) is 12.7. The van der Waals surface area contributed by atoms with E-state index in [-0.39, 0.29) is 31.4 Å². The molecule has 0 saturated heterocycles. The molecule has 0 bridgehead atoms. The van der Waals surface area contributed by atoms with Crippen molar-refractivity contribution in [2.24, 2.45) is 29.1 Å². The molecule has 4 aliphatic carbocycles. The monoisotopic (exact) mass is 661 g/mol. The maximum atomic E-state index is 13.5. The van der Waals surface area contributed by atoms with Gasteiger partial charge in [-0.2, -0.15) is 0 Å². The highest BCUT2D eigenvalue weighted by molar-refractivity contribution is 6.04. The number of Topliss-reactive ketones (excluding diaryl/α,β-unsaturated/α-hetero) is 1. The zero-order chi connectivity index (χ0) is 35.3. The second-order valence-corrected chi connectivity index (χ2v) is 15.2. The molecule has 4 aliphatic rings. The Balaban J connectivity index is 1.80.